The Labute approximate surface area is 160 Å². The Kier molecular flexibility index (Phi) is 7.27. The van der Waals surface area contributed by atoms with Crippen LogP contribution < -0.4 is 22.5 Å². The molecule has 0 radical (unpaired) electrons. The van der Waals surface area contributed by atoms with Gasteiger partial charge in [0.1, 0.15) is 17.3 Å². The number of nitrogens with one attached hydrogen (secondary N) is 1. The van der Waals surface area contributed by atoms with Crippen LogP contribution in [0, 0.1) is 0 Å². The highest BCUT2D eigenvalue weighted by atomic mass is 35.5. The summed E-state index contributed by atoms with van der Waals surface area (Å²) in [6, 6.07) is 19.7. The Morgan fingerprint density at radius 2 is 1.73 bits per heavy atom. The van der Waals surface area contributed by atoms with Crippen molar-refractivity contribution in [2.45, 2.75) is 26.1 Å². The molecule has 4 nitrogen and oxygen atoms in total. The first kappa shape index (κ1) is 20.0. The van der Waals surface area contributed by atoms with Crippen molar-refractivity contribution in [1.29, 1.82) is 0 Å². The zero-order chi connectivity index (χ0) is 17.6. The van der Waals surface area contributed by atoms with Crippen molar-refractivity contribution in [2.24, 2.45) is 0 Å². The lowest BCUT2D eigenvalue weighted by Crippen LogP contribution is -3.00. The van der Waals surface area contributed by atoms with E-state index in [2.05, 4.69) is 5.32 Å². The monoisotopic (exact) mass is 372 g/mol. The molecule has 0 aliphatic rings. The van der Waals surface area contributed by atoms with Crippen molar-refractivity contribution in [1.82, 2.24) is 5.32 Å². The van der Waals surface area contributed by atoms with Gasteiger partial charge in [-0.2, -0.15) is 0 Å². The lowest BCUT2D eigenvalue weighted by molar-refractivity contribution is -0.00000785. The van der Waals surface area contributed by atoms with Crippen molar-refractivity contribution in [3.05, 3.63) is 77.6 Å². The zero-order valence-electron chi connectivity index (χ0n) is 14.9. The Morgan fingerprint density at radius 1 is 1.00 bits per heavy atom. The number of para-hydroxylation sites is 1. The summed E-state index contributed by atoms with van der Waals surface area (Å²) in [4.78, 5) is 0. The molecule has 3 rings (SSSR count). The van der Waals surface area contributed by atoms with Crippen LogP contribution in [-0.4, -0.2) is 12.2 Å². The molecule has 5 heteroatoms. The van der Waals surface area contributed by atoms with Crippen LogP contribution >= 0.6 is 0 Å². The van der Waals surface area contributed by atoms with Crippen LogP contribution in [0.2, 0.25) is 0 Å². The highest BCUT2D eigenvalue weighted by molar-refractivity contribution is 5.58. The lowest BCUT2D eigenvalue weighted by atomic mass is 10.1. The first-order valence-electron chi connectivity index (χ1n) is 8.37. The fourth-order valence-electron chi connectivity index (χ4n) is 2.72. The van der Waals surface area contributed by atoms with Gasteiger partial charge >= 0.3 is 0 Å². The Balaban J connectivity index is 0.00000243. The molecule has 1 heterocycles. The van der Waals surface area contributed by atoms with E-state index in [0.29, 0.717) is 13.1 Å². The van der Waals surface area contributed by atoms with E-state index in [0.717, 1.165) is 34.0 Å². The molecule has 3 aromatic rings. The molecule has 1 unspecified atom stereocenters. The van der Waals surface area contributed by atoms with Gasteiger partial charge in [0.25, 0.3) is 0 Å². The first-order valence-corrected chi connectivity index (χ1v) is 8.37. The van der Waals surface area contributed by atoms with Crippen LogP contribution in [-0.2, 0) is 13.1 Å². The van der Waals surface area contributed by atoms with Crippen molar-refractivity contribution < 1.29 is 26.7 Å². The second-order valence-electron chi connectivity index (χ2n) is 5.98. The number of ether oxygens (including phenoxy) is 1. The SMILES string of the molecule is COc1ccccc1CNCc1ccc(-c2ccc(C(C)O)cc2)o1.[Cl-]. The van der Waals surface area contributed by atoms with Crippen molar-refractivity contribution in [3.63, 3.8) is 0 Å². The minimum absolute atomic E-state index is 0. The number of furan rings is 1. The molecule has 0 aliphatic carbocycles. The molecular weight excluding hydrogens is 350 g/mol. The van der Waals surface area contributed by atoms with E-state index in [1.54, 1.807) is 14.0 Å². The number of benzene rings is 2. The van der Waals surface area contributed by atoms with Crippen molar-refractivity contribution >= 4 is 0 Å². The predicted molar refractivity (Wildman–Crippen MR) is 98.3 cm³/mol. The Bertz CT molecular complexity index is 812. The summed E-state index contributed by atoms with van der Waals surface area (Å²) in [7, 11) is 1.68. The molecule has 26 heavy (non-hydrogen) atoms. The third kappa shape index (κ3) is 4.88. The van der Waals surface area contributed by atoms with E-state index in [-0.39, 0.29) is 12.4 Å². The third-order valence-corrected chi connectivity index (χ3v) is 4.15. The van der Waals surface area contributed by atoms with Gasteiger partial charge in [-0.3, -0.25) is 0 Å². The first-order chi connectivity index (χ1) is 12.2. The van der Waals surface area contributed by atoms with Gasteiger partial charge in [-0.05, 0) is 30.7 Å². The standard InChI is InChI=1S/C21H23NO3.ClH/c1-15(23)16-7-9-17(10-8-16)21-12-11-19(25-21)14-22-13-18-5-3-4-6-20(18)24-2;/h3-12,15,22-23H,13-14H2,1-2H3;1H/p-1. The number of methoxy groups -OCH3 is 1. The van der Waals surface area contributed by atoms with E-state index in [4.69, 9.17) is 9.15 Å². The fourth-order valence-corrected chi connectivity index (χ4v) is 2.72. The van der Waals surface area contributed by atoms with E-state index < -0.39 is 6.10 Å². The maximum atomic E-state index is 9.58. The predicted octanol–water partition coefficient (Wildman–Crippen LogP) is 1.30. The topological polar surface area (TPSA) is 54.6 Å². The van der Waals surface area contributed by atoms with Gasteiger partial charge in [0.05, 0.1) is 19.8 Å². The number of aliphatic hydroxyl groups excluding tert-OH is 1. The van der Waals surface area contributed by atoms with Gasteiger partial charge in [0.15, 0.2) is 0 Å². The average molecular weight is 373 g/mol. The van der Waals surface area contributed by atoms with Crippen LogP contribution in [0.1, 0.15) is 29.9 Å². The van der Waals surface area contributed by atoms with Crippen LogP contribution in [0.15, 0.2) is 65.1 Å². The molecule has 0 aliphatic heterocycles. The van der Waals surface area contributed by atoms with Crippen molar-refractivity contribution in [2.75, 3.05) is 7.11 Å². The molecular formula is C21H23ClNO3-. The minimum atomic E-state index is -0.458. The molecule has 0 bridgehead atoms. The van der Waals surface area contributed by atoms with Crippen molar-refractivity contribution in [3.8, 4) is 17.1 Å². The number of aliphatic hydroxyl groups is 1. The lowest BCUT2D eigenvalue weighted by Gasteiger charge is -2.08. The average Bonchev–Trinajstić information content (AvgIpc) is 3.11. The molecule has 2 N–H and O–H groups in total. The fraction of sp³-hybridized carbons (Fsp3) is 0.238. The molecule has 138 valence electrons. The summed E-state index contributed by atoms with van der Waals surface area (Å²) in [5.41, 5.74) is 3.01. The molecule has 0 amide bonds. The number of hydrogen-bond acceptors (Lipinski definition) is 4. The van der Waals surface area contributed by atoms with Gasteiger partial charge in [0, 0.05) is 17.7 Å². The van der Waals surface area contributed by atoms with E-state index in [1.807, 2.05) is 60.7 Å². The largest absolute Gasteiger partial charge is 1.00 e. The van der Waals surface area contributed by atoms with Crippen LogP contribution in [0.5, 0.6) is 5.75 Å². The van der Waals surface area contributed by atoms with Gasteiger partial charge in [0.2, 0.25) is 0 Å². The molecule has 0 spiro atoms. The Morgan fingerprint density at radius 3 is 2.42 bits per heavy atom. The molecule has 2 aromatic carbocycles. The molecule has 1 aromatic heterocycles. The summed E-state index contributed by atoms with van der Waals surface area (Å²) in [5.74, 6) is 2.59. The van der Waals surface area contributed by atoms with E-state index in [1.165, 1.54) is 0 Å². The summed E-state index contributed by atoms with van der Waals surface area (Å²) < 4.78 is 11.3. The second-order valence-corrected chi connectivity index (χ2v) is 5.98. The second kappa shape index (κ2) is 9.43. The third-order valence-electron chi connectivity index (χ3n) is 4.15. The van der Waals surface area contributed by atoms with Crippen LogP contribution in [0.3, 0.4) is 0 Å². The quantitative estimate of drug-likeness (QED) is 0.656. The highest BCUT2D eigenvalue weighted by Crippen LogP contribution is 2.24. The van der Waals surface area contributed by atoms with Gasteiger partial charge in [-0.1, -0.05) is 42.5 Å². The summed E-state index contributed by atoms with van der Waals surface area (Å²) in [5, 5.41) is 13.0. The van der Waals surface area contributed by atoms with E-state index >= 15 is 0 Å². The highest BCUT2D eigenvalue weighted by Gasteiger charge is 2.07. The normalized spacial score (nSPS) is 11.7. The summed E-state index contributed by atoms with van der Waals surface area (Å²) in [6.45, 7) is 3.11. The molecule has 1 atom stereocenters. The maximum Gasteiger partial charge on any atom is 0.134 e. The molecule has 0 saturated carbocycles. The van der Waals surface area contributed by atoms with E-state index in [9.17, 15) is 5.11 Å². The molecule has 0 saturated heterocycles. The van der Waals surface area contributed by atoms with Crippen LogP contribution in [0.25, 0.3) is 11.3 Å². The number of hydrogen-bond donors (Lipinski definition) is 2. The van der Waals surface area contributed by atoms with Gasteiger partial charge in [-0.25, -0.2) is 0 Å². The van der Waals surface area contributed by atoms with Gasteiger partial charge < -0.3 is 32.0 Å². The zero-order valence-corrected chi connectivity index (χ0v) is 15.7. The maximum absolute atomic E-state index is 9.58. The number of halogens is 1. The molecule has 0 fully saturated rings. The Hall–Kier alpha value is -2.27. The minimum Gasteiger partial charge on any atom is -1.00 e. The number of rotatable bonds is 7. The smallest absolute Gasteiger partial charge is 0.134 e. The van der Waals surface area contributed by atoms with Crippen LogP contribution in [0.4, 0.5) is 0 Å². The van der Waals surface area contributed by atoms with Gasteiger partial charge in [-0.15, -0.1) is 0 Å². The summed E-state index contributed by atoms with van der Waals surface area (Å²) >= 11 is 0. The summed E-state index contributed by atoms with van der Waals surface area (Å²) in [6.07, 6.45) is -0.458.